The number of guanidine groups is 1. The van der Waals surface area contributed by atoms with Crippen LogP contribution >= 0.6 is 24.0 Å². The van der Waals surface area contributed by atoms with Gasteiger partial charge in [0.2, 0.25) is 0 Å². The minimum atomic E-state index is 0. The summed E-state index contributed by atoms with van der Waals surface area (Å²) in [5, 5.41) is 6.93. The van der Waals surface area contributed by atoms with Gasteiger partial charge in [-0.05, 0) is 52.0 Å². The summed E-state index contributed by atoms with van der Waals surface area (Å²) in [6.45, 7) is 13.0. The number of aliphatic imine (C=N–C) groups is 1. The average molecular weight is 489 g/mol. The van der Waals surface area contributed by atoms with E-state index in [0.717, 1.165) is 45.1 Å². The lowest BCUT2D eigenvalue weighted by Crippen LogP contribution is -2.44. The summed E-state index contributed by atoms with van der Waals surface area (Å²) >= 11 is 0. The van der Waals surface area contributed by atoms with Crippen molar-refractivity contribution in [3.05, 3.63) is 35.9 Å². The molecular formula is C21H40IN5. The molecule has 6 heteroatoms. The maximum absolute atomic E-state index is 4.35. The Balaban J connectivity index is 0.00000676. The highest BCUT2D eigenvalue weighted by Crippen LogP contribution is 2.02. The molecule has 27 heavy (non-hydrogen) atoms. The van der Waals surface area contributed by atoms with E-state index in [1.54, 1.807) is 0 Å². The van der Waals surface area contributed by atoms with Crippen LogP contribution in [0.15, 0.2) is 35.3 Å². The van der Waals surface area contributed by atoms with Crippen LogP contribution in [0.1, 0.15) is 39.2 Å². The molecule has 0 aliphatic carbocycles. The number of nitrogens with zero attached hydrogens (tertiary/aromatic N) is 3. The van der Waals surface area contributed by atoms with Crippen molar-refractivity contribution in [1.82, 2.24) is 20.4 Å². The number of hydrogen-bond acceptors (Lipinski definition) is 3. The van der Waals surface area contributed by atoms with E-state index < -0.39 is 0 Å². The highest BCUT2D eigenvalue weighted by molar-refractivity contribution is 14.0. The summed E-state index contributed by atoms with van der Waals surface area (Å²) in [6, 6.07) is 11.0. The first-order valence-corrected chi connectivity index (χ1v) is 10.0. The Kier molecular flexibility index (Phi) is 15.6. The molecule has 0 amide bonds. The lowest BCUT2D eigenvalue weighted by molar-refractivity contribution is 0.292. The van der Waals surface area contributed by atoms with Gasteiger partial charge < -0.3 is 20.4 Å². The van der Waals surface area contributed by atoms with Gasteiger partial charge in [-0.25, -0.2) is 0 Å². The van der Waals surface area contributed by atoms with Gasteiger partial charge in [-0.3, -0.25) is 4.99 Å². The average Bonchev–Trinajstić information content (AvgIpc) is 2.65. The van der Waals surface area contributed by atoms with Crippen molar-refractivity contribution in [3.8, 4) is 0 Å². The van der Waals surface area contributed by atoms with Crippen molar-refractivity contribution in [3.63, 3.8) is 0 Å². The topological polar surface area (TPSA) is 42.9 Å². The van der Waals surface area contributed by atoms with Crippen LogP contribution in [-0.4, -0.2) is 68.6 Å². The molecule has 0 saturated carbocycles. The van der Waals surface area contributed by atoms with Crippen LogP contribution < -0.4 is 10.6 Å². The molecule has 1 atom stereocenters. The summed E-state index contributed by atoms with van der Waals surface area (Å²) in [5.74, 6) is 0.897. The van der Waals surface area contributed by atoms with Crippen LogP contribution in [-0.2, 0) is 6.54 Å². The Morgan fingerprint density at radius 1 is 1.11 bits per heavy atom. The normalized spacial score (nSPS) is 12.8. The zero-order valence-corrected chi connectivity index (χ0v) is 20.2. The van der Waals surface area contributed by atoms with E-state index in [4.69, 9.17) is 0 Å². The Morgan fingerprint density at radius 2 is 1.78 bits per heavy atom. The quantitative estimate of drug-likeness (QED) is 0.268. The van der Waals surface area contributed by atoms with Crippen molar-refractivity contribution in [1.29, 1.82) is 0 Å². The molecule has 0 saturated heterocycles. The number of halogens is 1. The highest BCUT2D eigenvalue weighted by Gasteiger charge is 2.07. The molecule has 1 aromatic carbocycles. The second-order valence-electron chi connectivity index (χ2n) is 6.94. The van der Waals surface area contributed by atoms with Gasteiger partial charge in [0.15, 0.2) is 5.96 Å². The number of nitrogens with one attached hydrogen (secondary N) is 2. The SMILES string of the molecule is CCN(CC)CCCC(C)NC(=NC)NCCN(C)Cc1ccccc1.I. The minimum Gasteiger partial charge on any atom is -0.355 e. The van der Waals surface area contributed by atoms with E-state index in [1.807, 2.05) is 7.05 Å². The lowest BCUT2D eigenvalue weighted by atomic mass is 10.2. The van der Waals surface area contributed by atoms with Crippen LogP contribution in [0.2, 0.25) is 0 Å². The molecule has 2 N–H and O–H groups in total. The Bertz CT molecular complexity index is 491. The maximum Gasteiger partial charge on any atom is 0.191 e. The van der Waals surface area contributed by atoms with E-state index in [0.29, 0.717) is 6.04 Å². The monoisotopic (exact) mass is 489 g/mol. The van der Waals surface area contributed by atoms with Crippen LogP contribution in [0.3, 0.4) is 0 Å². The first-order chi connectivity index (χ1) is 12.6. The number of hydrogen-bond donors (Lipinski definition) is 2. The molecule has 1 unspecified atom stereocenters. The smallest absolute Gasteiger partial charge is 0.191 e. The van der Waals surface area contributed by atoms with Crippen LogP contribution in [0.4, 0.5) is 0 Å². The third-order valence-electron chi connectivity index (χ3n) is 4.69. The molecule has 0 aliphatic heterocycles. The van der Waals surface area contributed by atoms with Gasteiger partial charge in [0.05, 0.1) is 0 Å². The Labute approximate surface area is 184 Å². The zero-order valence-electron chi connectivity index (χ0n) is 17.9. The first kappa shape index (κ1) is 26.1. The standard InChI is InChI=1S/C21H39N5.HI/c1-6-26(7-2)16-11-12-19(3)24-21(22-4)23-15-17-25(5)18-20-13-9-8-10-14-20;/h8-10,13-14,19H,6-7,11-12,15-18H2,1-5H3,(H2,22,23,24);1H. The largest absolute Gasteiger partial charge is 0.355 e. The molecule has 0 aromatic heterocycles. The van der Waals surface area contributed by atoms with Gasteiger partial charge in [-0.15, -0.1) is 24.0 Å². The van der Waals surface area contributed by atoms with Crippen LogP contribution in [0.25, 0.3) is 0 Å². The van der Waals surface area contributed by atoms with Gasteiger partial charge in [0, 0.05) is 32.7 Å². The Morgan fingerprint density at radius 3 is 2.37 bits per heavy atom. The number of rotatable bonds is 12. The van der Waals surface area contributed by atoms with Crippen LogP contribution in [0.5, 0.6) is 0 Å². The summed E-state index contributed by atoms with van der Waals surface area (Å²) in [5.41, 5.74) is 1.35. The second kappa shape index (κ2) is 16.1. The van der Waals surface area contributed by atoms with E-state index in [1.165, 1.54) is 18.5 Å². The maximum atomic E-state index is 4.35. The minimum absolute atomic E-state index is 0. The second-order valence-corrected chi connectivity index (χ2v) is 6.94. The molecule has 0 spiro atoms. The molecule has 156 valence electrons. The summed E-state index contributed by atoms with van der Waals surface area (Å²) in [4.78, 5) is 9.15. The Hall–Kier alpha value is -0.860. The van der Waals surface area contributed by atoms with E-state index in [2.05, 4.69) is 83.6 Å². The van der Waals surface area contributed by atoms with E-state index in [-0.39, 0.29) is 24.0 Å². The van der Waals surface area contributed by atoms with Crippen molar-refractivity contribution in [2.24, 2.45) is 4.99 Å². The third kappa shape index (κ3) is 12.3. The number of benzene rings is 1. The third-order valence-corrected chi connectivity index (χ3v) is 4.69. The molecule has 1 aromatic rings. The molecule has 0 aliphatic rings. The van der Waals surface area contributed by atoms with E-state index >= 15 is 0 Å². The van der Waals surface area contributed by atoms with Gasteiger partial charge in [-0.2, -0.15) is 0 Å². The number of likely N-dealkylation sites (N-methyl/N-ethyl adjacent to an activating group) is 1. The predicted octanol–water partition coefficient (Wildman–Crippen LogP) is 3.41. The summed E-state index contributed by atoms with van der Waals surface area (Å²) < 4.78 is 0. The predicted molar refractivity (Wildman–Crippen MR) is 129 cm³/mol. The van der Waals surface area contributed by atoms with Crippen molar-refractivity contribution in [2.45, 2.75) is 46.2 Å². The van der Waals surface area contributed by atoms with Gasteiger partial charge in [-0.1, -0.05) is 44.2 Å². The molecular weight excluding hydrogens is 449 g/mol. The van der Waals surface area contributed by atoms with Gasteiger partial charge in [0.25, 0.3) is 0 Å². The molecule has 5 nitrogen and oxygen atoms in total. The van der Waals surface area contributed by atoms with Gasteiger partial charge >= 0.3 is 0 Å². The van der Waals surface area contributed by atoms with Gasteiger partial charge in [0.1, 0.15) is 0 Å². The van der Waals surface area contributed by atoms with E-state index in [9.17, 15) is 0 Å². The fourth-order valence-electron chi connectivity index (χ4n) is 3.00. The summed E-state index contributed by atoms with van der Waals surface area (Å²) in [7, 11) is 3.99. The highest BCUT2D eigenvalue weighted by atomic mass is 127. The fourth-order valence-corrected chi connectivity index (χ4v) is 3.00. The molecule has 0 bridgehead atoms. The van der Waals surface area contributed by atoms with Crippen molar-refractivity contribution < 1.29 is 0 Å². The van der Waals surface area contributed by atoms with Crippen LogP contribution in [0, 0.1) is 0 Å². The zero-order chi connectivity index (χ0) is 19.2. The summed E-state index contributed by atoms with van der Waals surface area (Å²) in [6.07, 6.45) is 2.37. The molecule has 0 heterocycles. The molecule has 1 rings (SSSR count). The molecule has 0 radical (unpaired) electrons. The first-order valence-electron chi connectivity index (χ1n) is 10.0. The van der Waals surface area contributed by atoms with Crippen molar-refractivity contribution in [2.75, 3.05) is 46.8 Å². The lowest BCUT2D eigenvalue weighted by Gasteiger charge is -2.22. The fraction of sp³-hybridized carbons (Fsp3) is 0.667. The van der Waals surface area contributed by atoms with Crippen molar-refractivity contribution >= 4 is 29.9 Å². The molecule has 0 fully saturated rings.